The van der Waals surface area contributed by atoms with Crippen molar-refractivity contribution in [3.63, 3.8) is 0 Å². The zero-order valence-corrected chi connectivity index (χ0v) is 5.44. The molecule has 0 atom stereocenters. The molecule has 0 spiro atoms. The van der Waals surface area contributed by atoms with Crippen LogP contribution in [0.4, 0.5) is 0 Å². The number of nitrogens with two attached hydrogens (primary N) is 1. The Hall–Kier alpha value is -1.26. The maximum Gasteiger partial charge on any atom is 0.169 e. The summed E-state index contributed by atoms with van der Waals surface area (Å²) in [6, 6.07) is 0. The topological polar surface area (TPSA) is 75.5 Å². The van der Waals surface area contributed by atoms with E-state index in [0.717, 1.165) is 6.34 Å². The number of hydrogen-bond acceptors (Lipinski definition) is 3. The van der Waals surface area contributed by atoms with Crippen molar-refractivity contribution in [2.45, 2.75) is 6.92 Å². The first-order chi connectivity index (χ1) is 4.31. The fraction of sp³-hybridized carbons (Fsp3) is 0.500. The molecular weight excluding hydrogens is 118 g/mol. The van der Waals surface area contributed by atoms with E-state index < -0.39 is 0 Å². The van der Waals surface area contributed by atoms with Crippen molar-refractivity contribution in [3.8, 4) is 0 Å². The maximum absolute atomic E-state index is 4.90. The van der Waals surface area contributed by atoms with Gasteiger partial charge in [-0.2, -0.15) is 5.11 Å². The van der Waals surface area contributed by atoms with Crippen molar-refractivity contribution in [2.24, 2.45) is 26.2 Å². The summed E-state index contributed by atoms with van der Waals surface area (Å²) in [5, 5.41) is 13.9. The highest BCUT2D eigenvalue weighted by Crippen LogP contribution is 1.79. The second-order valence-corrected chi connectivity index (χ2v) is 1.21. The Labute approximate surface area is 53.4 Å². The van der Waals surface area contributed by atoms with Gasteiger partial charge in [-0.05, 0) is 6.92 Å². The smallest absolute Gasteiger partial charge is 0.169 e. The average molecular weight is 127 g/mol. The Balaban J connectivity index is 3.84. The molecule has 0 aliphatic heterocycles. The number of nitrogens with zero attached hydrogens (tertiary/aromatic N) is 4. The molecule has 0 aliphatic carbocycles. The third-order valence-corrected chi connectivity index (χ3v) is 0.514. The molecule has 9 heavy (non-hydrogen) atoms. The Morgan fingerprint density at radius 1 is 1.56 bits per heavy atom. The van der Waals surface area contributed by atoms with Crippen molar-refractivity contribution < 1.29 is 0 Å². The molecule has 0 amide bonds. The lowest BCUT2D eigenvalue weighted by Gasteiger charge is -1.80. The first kappa shape index (κ1) is 7.74. The molecule has 0 aromatic carbocycles. The van der Waals surface area contributed by atoms with E-state index in [-0.39, 0.29) is 0 Å². The molecule has 0 saturated heterocycles. The van der Waals surface area contributed by atoms with Crippen molar-refractivity contribution >= 4 is 12.2 Å². The zero-order valence-electron chi connectivity index (χ0n) is 5.44. The van der Waals surface area contributed by atoms with E-state index >= 15 is 0 Å². The van der Waals surface area contributed by atoms with E-state index in [1.54, 1.807) is 14.0 Å². The molecule has 0 fully saturated rings. The predicted molar refractivity (Wildman–Crippen MR) is 36.6 cm³/mol. The van der Waals surface area contributed by atoms with Crippen LogP contribution >= 0.6 is 0 Å². The van der Waals surface area contributed by atoms with Crippen LogP contribution in [0, 0.1) is 0 Å². The van der Waals surface area contributed by atoms with E-state index in [4.69, 9.17) is 5.73 Å². The Morgan fingerprint density at radius 3 is 2.67 bits per heavy atom. The number of azo groups is 1. The van der Waals surface area contributed by atoms with Crippen molar-refractivity contribution in [1.29, 1.82) is 0 Å². The quantitative estimate of drug-likeness (QED) is 0.235. The van der Waals surface area contributed by atoms with Gasteiger partial charge in [-0.3, -0.25) is 0 Å². The monoisotopic (exact) mass is 127 g/mol. The number of hydrogen-bond donors (Lipinski definition) is 1. The summed E-state index contributed by atoms with van der Waals surface area (Å²) in [7, 11) is 1.56. The van der Waals surface area contributed by atoms with Gasteiger partial charge in [0.05, 0.1) is 0 Å². The summed E-state index contributed by atoms with van der Waals surface area (Å²) in [6.45, 7) is 1.68. The molecule has 0 heterocycles. The number of rotatable bonds is 1. The molecule has 5 heteroatoms. The SMILES string of the molecule is CN=N/C(C)=N\N=CN. The minimum absolute atomic E-state index is 0.485. The molecule has 0 unspecified atom stereocenters. The molecule has 50 valence electrons. The summed E-state index contributed by atoms with van der Waals surface area (Å²) in [5.74, 6) is 0.485. The molecule has 0 radical (unpaired) electrons. The van der Waals surface area contributed by atoms with Crippen molar-refractivity contribution in [2.75, 3.05) is 7.05 Å². The first-order valence-corrected chi connectivity index (χ1v) is 2.39. The molecule has 5 nitrogen and oxygen atoms in total. The van der Waals surface area contributed by atoms with E-state index in [0.29, 0.717) is 5.84 Å². The Bertz CT molecular complexity index is 145. The standard InChI is InChI=1S/C4H9N5/c1-4(8-6-2)9-7-3-5/h3H,1-2H3,(H2,5,7)/b8-6?,9-4-. The maximum atomic E-state index is 4.90. The highest BCUT2D eigenvalue weighted by Gasteiger charge is 1.78. The fourth-order valence-electron chi connectivity index (χ4n) is 0.282. The summed E-state index contributed by atoms with van der Waals surface area (Å²) in [5.41, 5.74) is 4.90. The summed E-state index contributed by atoms with van der Waals surface area (Å²) in [4.78, 5) is 0. The van der Waals surface area contributed by atoms with Gasteiger partial charge in [0.2, 0.25) is 0 Å². The van der Waals surface area contributed by atoms with Gasteiger partial charge < -0.3 is 5.73 Å². The molecule has 0 aromatic rings. The molecule has 0 rings (SSSR count). The molecule has 0 saturated carbocycles. The van der Waals surface area contributed by atoms with E-state index in [1.807, 2.05) is 0 Å². The molecule has 2 N–H and O–H groups in total. The van der Waals surface area contributed by atoms with Gasteiger partial charge in [-0.15, -0.1) is 15.3 Å². The van der Waals surface area contributed by atoms with Crippen LogP contribution in [0.25, 0.3) is 0 Å². The zero-order chi connectivity index (χ0) is 7.11. The van der Waals surface area contributed by atoms with Crippen LogP contribution in [0.15, 0.2) is 20.4 Å². The van der Waals surface area contributed by atoms with Gasteiger partial charge in [0.15, 0.2) is 5.84 Å². The predicted octanol–water partition coefficient (Wildman–Crippen LogP) is 0.389. The minimum atomic E-state index is 0.485. The first-order valence-electron chi connectivity index (χ1n) is 2.39. The normalized spacial score (nSPS) is 13.8. The van der Waals surface area contributed by atoms with Crippen molar-refractivity contribution in [3.05, 3.63) is 0 Å². The third-order valence-electron chi connectivity index (χ3n) is 0.514. The van der Waals surface area contributed by atoms with Gasteiger partial charge in [0.25, 0.3) is 0 Å². The molecule has 0 aromatic heterocycles. The van der Waals surface area contributed by atoms with Gasteiger partial charge in [-0.1, -0.05) is 0 Å². The number of amidine groups is 1. The van der Waals surface area contributed by atoms with E-state index in [9.17, 15) is 0 Å². The Morgan fingerprint density at radius 2 is 2.22 bits per heavy atom. The Kier molecular flexibility index (Phi) is 4.20. The highest BCUT2D eigenvalue weighted by atomic mass is 15.3. The van der Waals surface area contributed by atoms with Gasteiger partial charge >= 0.3 is 0 Å². The third kappa shape index (κ3) is 4.60. The fourth-order valence-corrected chi connectivity index (χ4v) is 0.282. The van der Waals surface area contributed by atoms with Crippen LogP contribution in [0.1, 0.15) is 6.92 Å². The highest BCUT2D eigenvalue weighted by molar-refractivity contribution is 5.79. The van der Waals surface area contributed by atoms with E-state index in [2.05, 4.69) is 20.4 Å². The van der Waals surface area contributed by atoms with Crippen molar-refractivity contribution in [1.82, 2.24) is 0 Å². The van der Waals surface area contributed by atoms with Crippen LogP contribution < -0.4 is 5.73 Å². The van der Waals surface area contributed by atoms with Gasteiger partial charge in [-0.25, -0.2) is 0 Å². The molecular formula is C4H9N5. The summed E-state index contributed by atoms with van der Waals surface area (Å²) < 4.78 is 0. The van der Waals surface area contributed by atoms with Crippen LogP contribution in [0.5, 0.6) is 0 Å². The van der Waals surface area contributed by atoms with Gasteiger partial charge in [0.1, 0.15) is 6.34 Å². The molecule has 0 bridgehead atoms. The largest absolute Gasteiger partial charge is 0.388 e. The summed E-state index contributed by atoms with van der Waals surface area (Å²) in [6.07, 6.45) is 1.09. The molecule has 0 aliphatic rings. The summed E-state index contributed by atoms with van der Waals surface area (Å²) >= 11 is 0. The van der Waals surface area contributed by atoms with Crippen LogP contribution in [-0.4, -0.2) is 19.2 Å². The second kappa shape index (κ2) is 4.89. The lowest BCUT2D eigenvalue weighted by molar-refractivity contribution is 1.14. The van der Waals surface area contributed by atoms with Crippen LogP contribution in [0.2, 0.25) is 0 Å². The lowest BCUT2D eigenvalue weighted by Crippen LogP contribution is -1.88. The second-order valence-electron chi connectivity index (χ2n) is 1.21. The lowest BCUT2D eigenvalue weighted by atomic mass is 10.7. The van der Waals surface area contributed by atoms with Gasteiger partial charge in [0, 0.05) is 7.05 Å². The van der Waals surface area contributed by atoms with Crippen LogP contribution in [0.3, 0.4) is 0 Å². The van der Waals surface area contributed by atoms with E-state index in [1.165, 1.54) is 0 Å². The minimum Gasteiger partial charge on any atom is -0.388 e. The average Bonchev–Trinajstić information content (AvgIpc) is 1.85. The van der Waals surface area contributed by atoms with Crippen LogP contribution in [-0.2, 0) is 0 Å².